The molecule has 2 rings (SSSR count). The number of amides is 1. The highest BCUT2D eigenvalue weighted by molar-refractivity contribution is 5.90. The lowest BCUT2D eigenvalue weighted by Crippen LogP contribution is -2.22. The molecular weight excluding hydrogens is 258 g/mol. The number of nitrogens with one attached hydrogen (secondary N) is 3. The van der Waals surface area contributed by atoms with Gasteiger partial charge in [-0.2, -0.15) is 0 Å². The van der Waals surface area contributed by atoms with Crippen molar-refractivity contribution >= 4 is 23.0 Å². The highest BCUT2D eigenvalue weighted by atomic mass is 16.5. The van der Waals surface area contributed by atoms with Gasteiger partial charge in [-0.15, -0.1) is 0 Å². The number of hydrogen-bond acceptors (Lipinski definition) is 5. The van der Waals surface area contributed by atoms with Crippen molar-refractivity contribution in [1.29, 1.82) is 0 Å². The quantitative estimate of drug-likeness (QED) is 0.720. The second kappa shape index (κ2) is 7.12. The Morgan fingerprint density at radius 3 is 2.75 bits per heavy atom. The monoisotopic (exact) mass is 278 g/mol. The van der Waals surface area contributed by atoms with Crippen LogP contribution in [0.25, 0.3) is 0 Å². The third-order valence-corrected chi connectivity index (χ3v) is 3.37. The lowest BCUT2D eigenvalue weighted by atomic mass is 10.0. The summed E-state index contributed by atoms with van der Waals surface area (Å²) in [7, 11) is 0. The van der Waals surface area contributed by atoms with E-state index in [9.17, 15) is 10.0 Å². The summed E-state index contributed by atoms with van der Waals surface area (Å²) in [5.41, 5.74) is 3.70. The molecule has 0 radical (unpaired) electrons. The van der Waals surface area contributed by atoms with Crippen molar-refractivity contribution in [3.8, 4) is 0 Å². The lowest BCUT2D eigenvalue weighted by Gasteiger charge is -2.24. The molecule has 1 aromatic rings. The van der Waals surface area contributed by atoms with Crippen LogP contribution < -0.4 is 16.1 Å². The molecule has 0 atom stereocenters. The van der Waals surface area contributed by atoms with Crippen molar-refractivity contribution in [2.75, 3.05) is 35.9 Å². The number of benzene rings is 1. The van der Waals surface area contributed by atoms with Crippen molar-refractivity contribution in [3.05, 3.63) is 23.4 Å². The van der Waals surface area contributed by atoms with E-state index in [0.717, 1.165) is 38.3 Å². The fraction of sp³-hybridized carbons (Fsp3) is 0.500. The van der Waals surface area contributed by atoms with Crippen LogP contribution in [0.4, 0.5) is 17.1 Å². The van der Waals surface area contributed by atoms with Gasteiger partial charge in [-0.3, -0.25) is 4.79 Å². The molecule has 110 valence electrons. The Bertz CT molecular complexity index is 459. The summed E-state index contributed by atoms with van der Waals surface area (Å²) in [4.78, 5) is 11.0. The van der Waals surface area contributed by atoms with Gasteiger partial charge in [0.25, 0.3) is 0 Å². The van der Waals surface area contributed by atoms with Crippen molar-refractivity contribution in [2.24, 2.45) is 5.92 Å². The molecule has 1 fully saturated rings. The van der Waals surface area contributed by atoms with Crippen LogP contribution in [-0.2, 0) is 9.53 Å². The first-order chi connectivity index (χ1) is 9.69. The average molecular weight is 278 g/mol. The van der Waals surface area contributed by atoms with Crippen LogP contribution in [-0.4, -0.2) is 25.7 Å². The second-order valence-corrected chi connectivity index (χ2v) is 4.98. The molecule has 0 aliphatic carbocycles. The lowest BCUT2D eigenvalue weighted by molar-refractivity contribution is -0.114. The van der Waals surface area contributed by atoms with Crippen LogP contribution in [0.1, 0.15) is 19.8 Å². The molecular formula is C14H20N3O3-. The molecule has 1 aliphatic heterocycles. The Morgan fingerprint density at radius 1 is 1.35 bits per heavy atom. The Hall–Kier alpha value is -1.79. The summed E-state index contributed by atoms with van der Waals surface area (Å²) in [5.74, 6) is 0.406. The van der Waals surface area contributed by atoms with Gasteiger partial charge in [0.05, 0.1) is 5.69 Å². The molecule has 3 N–H and O–H groups in total. The van der Waals surface area contributed by atoms with Gasteiger partial charge >= 0.3 is 0 Å². The fourth-order valence-electron chi connectivity index (χ4n) is 2.27. The van der Waals surface area contributed by atoms with Crippen molar-refractivity contribution < 1.29 is 9.53 Å². The maximum absolute atomic E-state index is 11.0. The molecule has 6 nitrogen and oxygen atoms in total. The van der Waals surface area contributed by atoms with Gasteiger partial charge in [-0.25, -0.2) is 0 Å². The summed E-state index contributed by atoms with van der Waals surface area (Å²) in [5, 5.41) is 17.0. The third kappa shape index (κ3) is 4.11. The number of carbonyl (C=O) groups excluding carboxylic acids is 1. The predicted molar refractivity (Wildman–Crippen MR) is 79.8 cm³/mol. The summed E-state index contributed by atoms with van der Waals surface area (Å²) in [6, 6.07) is 5.19. The third-order valence-electron chi connectivity index (χ3n) is 3.37. The molecule has 1 aromatic carbocycles. The zero-order valence-corrected chi connectivity index (χ0v) is 11.6. The molecule has 1 amide bonds. The molecule has 0 unspecified atom stereocenters. The van der Waals surface area contributed by atoms with Crippen LogP contribution >= 0.6 is 0 Å². The number of carbonyl (C=O) groups is 1. The topological polar surface area (TPSA) is 85.5 Å². The minimum Gasteiger partial charge on any atom is -0.761 e. The zero-order chi connectivity index (χ0) is 14.4. The first-order valence-electron chi connectivity index (χ1n) is 6.80. The van der Waals surface area contributed by atoms with E-state index in [1.807, 2.05) is 5.48 Å². The average Bonchev–Trinajstić information content (AvgIpc) is 2.46. The maximum atomic E-state index is 11.0. The van der Waals surface area contributed by atoms with E-state index in [1.165, 1.54) is 6.92 Å². The largest absolute Gasteiger partial charge is 0.761 e. The Morgan fingerprint density at radius 2 is 2.10 bits per heavy atom. The fourth-order valence-corrected chi connectivity index (χ4v) is 2.27. The molecule has 6 heteroatoms. The molecule has 0 saturated carbocycles. The highest BCUT2D eigenvalue weighted by Gasteiger charge is 2.13. The van der Waals surface area contributed by atoms with E-state index in [4.69, 9.17) is 4.74 Å². The first kappa shape index (κ1) is 14.6. The van der Waals surface area contributed by atoms with Gasteiger partial charge < -0.3 is 26.1 Å². The summed E-state index contributed by atoms with van der Waals surface area (Å²) in [6.07, 6.45) is 2.08. The SMILES string of the molecule is CC(=O)Nc1ccc(NCC2CCOCC2)c(N[O-])c1. The van der Waals surface area contributed by atoms with Gasteiger partial charge in [0.2, 0.25) is 5.91 Å². The zero-order valence-electron chi connectivity index (χ0n) is 11.6. The van der Waals surface area contributed by atoms with E-state index >= 15 is 0 Å². The molecule has 1 saturated heterocycles. The molecule has 0 aromatic heterocycles. The van der Waals surface area contributed by atoms with Gasteiger partial charge in [0, 0.05) is 38.1 Å². The summed E-state index contributed by atoms with van der Waals surface area (Å²) < 4.78 is 5.32. The Kier molecular flexibility index (Phi) is 5.20. The first-order valence-corrected chi connectivity index (χ1v) is 6.80. The maximum Gasteiger partial charge on any atom is 0.221 e. The van der Waals surface area contributed by atoms with Crippen molar-refractivity contribution in [1.82, 2.24) is 0 Å². The Balaban J connectivity index is 1.97. The van der Waals surface area contributed by atoms with Gasteiger partial charge in [-0.1, -0.05) is 0 Å². The molecule has 0 spiro atoms. The van der Waals surface area contributed by atoms with Crippen LogP contribution in [0.2, 0.25) is 0 Å². The molecule has 0 bridgehead atoms. The highest BCUT2D eigenvalue weighted by Crippen LogP contribution is 2.26. The van der Waals surface area contributed by atoms with Crippen molar-refractivity contribution in [2.45, 2.75) is 19.8 Å². The number of ether oxygens (including phenoxy) is 1. The van der Waals surface area contributed by atoms with Crippen LogP contribution in [0.5, 0.6) is 0 Å². The van der Waals surface area contributed by atoms with Gasteiger partial charge in [-0.05, 0) is 37.0 Å². The Labute approximate surface area is 118 Å². The second-order valence-electron chi connectivity index (χ2n) is 4.98. The van der Waals surface area contributed by atoms with Gasteiger partial charge in [0.1, 0.15) is 0 Å². The number of rotatable bonds is 5. The minimum atomic E-state index is -0.162. The van der Waals surface area contributed by atoms with E-state index in [-0.39, 0.29) is 5.91 Å². The van der Waals surface area contributed by atoms with E-state index < -0.39 is 0 Å². The predicted octanol–water partition coefficient (Wildman–Crippen LogP) is 2.39. The van der Waals surface area contributed by atoms with Gasteiger partial charge in [0.15, 0.2) is 0 Å². The van der Waals surface area contributed by atoms with E-state index in [2.05, 4.69) is 10.6 Å². The molecule has 20 heavy (non-hydrogen) atoms. The minimum absolute atomic E-state index is 0.162. The van der Waals surface area contributed by atoms with Crippen molar-refractivity contribution in [3.63, 3.8) is 0 Å². The summed E-state index contributed by atoms with van der Waals surface area (Å²) >= 11 is 0. The smallest absolute Gasteiger partial charge is 0.221 e. The number of hydrogen-bond donors (Lipinski definition) is 3. The normalized spacial score (nSPS) is 15.7. The van der Waals surface area contributed by atoms with Crippen LogP contribution in [0.15, 0.2) is 18.2 Å². The molecule has 1 aliphatic rings. The van der Waals surface area contributed by atoms with Crippen LogP contribution in [0, 0.1) is 11.1 Å². The number of anilines is 3. The van der Waals surface area contributed by atoms with E-state index in [1.54, 1.807) is 18.2 Å². The summed E-state index contributed by atoms with van der Waals surface area (Å²) in [6.45, 7) is 3.86. The standard InChI is InChI=1S/C14H20N3O3/c1-10(18)16-12-2-3-13(14(8-12)17-19)15-9-11-4-6-20-7-5-11/h2-3,8,11,15,17H,4-7,9H2,1H3,(H,16,18)/q-1. The van der Waals surface area contributed by atoms with E-state index in [0.29, 0.717) is 17.3 Å². The van der Waals surface area contributed by atoms with Crippen LogP contribution in [0.3, 0.4) is 0 Å². The molecule has 1 heterocycles.